The van der Waals surface area contributed by atoms with Gasteiger partial charge in [0.2, 0.25) is 0 Å². The van der Waals surface area contributed by atoms with Gasteiger partial charge in [-0.2, -0.15) is 5.10 Å². The van der Waals surface area contributed by atoms with Gasteiger partial charge >= 0.3 is 11.9 Å². The number of aryl methyl sites for hydroxylation is 2. The molecule has 4 rings (SSSR count). The molecule has 0 aliphatic carbocycles. The number of carbonyl (C=O) groups excluding carboxylic acids is 2. The van der Waals surface area contributed by atoms with Crippen molar-refractivity contribution in [2.24, 2.45) is 12.5 Å². The van der Waals surface area contributed by atoms with Crippen molar-refractivity contribution >= 4 is 34.0 Å². The molecule has 0 spiro atoms. The normalized spacial score (nSPS) is 11.8. The Morgan fingerprint density at radius 1 is 1.19 bits per heavy atom. The lowest BCUT2D eigenvalue weighted by Gasteiger charge is -2.16. The summed E-state index contributed by atoms with van der Waals surface area (Å²) in [6, 6.07) is 6.06. The minimum atomic E-state index is -0.647. The second kappa shape index (κ2) is 7.74. The Morgan fingerprint density at radius 2 is 1.94 bits per heavy atom. The minimum absolute atomic E-state index is 0.0938. The molecule has 3 aromatic heterocycles. The summed E-state index contributed by atoms with van der Waals surface area (Å²) in [6.45, 7) is 7.24. The minimum Gasteiger partial charge on any atom is -0.465 e. The first-order chi connectivity index (χ1) is 15.1. The van der Waals surface area contributed by atoms with Crippen LogP contribution in [0, 0.1) is 12.3 Å². The van der Waals surface area contributed by atoms with Crippen molar-refractivity contribution in [1.82, 2.24) is 24.3 Å². The van der Waals surface area contributed by atoms with E-state index in [4.69, 9.17) is 14.5 Å². The highest BCUT2D eigenvalue weighted by Crippen LogP contribution is 2.29. The number of hydrogen-bond acceptors (Lipinski definition) is 7. The van der Waals surface area contributed by atoms with E-state index < -0.39 is 11.4 Å². The fraction of sp³-hybridized carbons (Fsp3) is 0.348. The van der Waals surface area contributed by atoms with E-state index in [2.05, 4.69) is 16.1 Å². The number of methoxy groups -OCH3 is 1. The van der Waals surface area contributed by atoms with Crippen molar-refractivity contribution in [1.29, 1.82) is 0 Å². The van der Waals surface area contributed by atoms with Crippen LogP contribution in [-0.4, -0.2) is 43.4 Å². The average molecular weight is 435 g/mol. The molecule has 3 heterocycles. The summed E-state index contributed by atoms with van der Waals surface area (Å²) in [4.78, 5) is 33.8. The van der Waals surface area contributed by atoms with Gasteiger partial charge in [-0.1, -0.05) is 12.1 Å². The lowest BCUT2D eigenvalue weighted by atomic mass is 9.98. The molecule has 1 aromatic carbocycles. The van der Waals surface area contributed by atoms with Crippen molar-refractivity contribution in [3.05, 3.63) is 41.7 Å². The Morgan fingerprint density at radius 3 is 2.62 bits per heavy atom. The van der Waals surface area contributed by atoms with Crippen molar-refractivity contribution in [2.45, 2.75) is 34.4 Å². The Kier molecular flexibility index (Phi) is 5.20. The molecular formula is C23H25N5O4. The lowest BCUT2D eigenvalue weighted by molar-refractivity contribution is -0.156. The molecule has 0 radical (unpaired) electrons. The van der Waals surface area contributed by atoms with Crippen molar-refractivity contribution < 1.29 is 19.1 Å². The number of esters is 2. The van der Waals surface area contributed by atoms with Gasteiger partial charge in [0.25, 0.3) is 0 Å². The number of fused-ring (bicyclic) bond motifs is 2. The Bertz CT molecular complexity index is 1360. The molecule has 0 fully saturated rings. The van der Waals surface area contributed by atoms with E-state index in [-0.39, 0.29) is 18.3 Å². The van der Waals surface area contributed by atoms with E-state index in [0.29, 0.717) is 22.6 Å². The highest BCUT2D eigenvalue weighted by Gasteiger charge is 2.25. The van der Waals surface area contributed by atoms with Gasteiger partial charge in [-0.15, -0.1) is 0 Å². The Hall–Kier alpha value is -3.75. The maximum absolute atomic E-state index is 12.4. The van der Waals surface area contributed by atoms with E-state index in [0.717, 1.165) is 16.5 Å². The highest BCUT2D eigenvalue weighted by atomic mass is 16.5. The SMILES string of the molecule is COC(=O)c1cn(COC(=O)C(C)(C)C)c2ncc(-c3nn(C)c4cc(C)ccc34)nc12. The molecule has 9 heteroatoms. The summed E-state index contributed by atoms with van der Waals surface area (Å²) in [5.41, 5.74) is 3.65. The first-order valence-electron chi connectivity index (χ1n) is 10.2. The van der Waals surface area contributed by atoms with E-state index in [9.17, 15) is 9.59 Å². The number of ether oxygens (including phenoxy) is 2. The molecule has 0 saturated heterocycles. The predicted molar refractivity (Wildman–Crippen MR) is 119 cm³/mol. The molecule has 0 bridgehead atoms. The van der Waals surface area contributed by atoms with E-state index >= 15 is 0 Å². The van der Waals surface area contributed by atoms with Crippen LogP contribution >= 0.6 is 0 Å². The van der Waals surface area contributed by atoms with Gasteiger partial charge in [0.15, 0.2) is 12.4 Å². The van der Waals surface area contributed by atoms with E-state index in [1.807, 2.05) is 26.1 Å². The second-order valence-corrected chi connectivity index (χ2v) is 8.74. The van der Waals surface area contributed by atoms with Gasteiger partial charge in [0.05, 0.1) is 24.2 Å². The number of carbonyl (C=O) groups is 2. The molecular weight excluding hydrogens is 410 g/mol. The zero-order valence-electron chi connectivity index (χ0n) is 19.0. The molecule has 0 amide bonds. The fourth-order valence-electron chi connectivity index (χ4n) is 3.42. The van der Waals surface area contributed by atoms with Crippen LogP contribution in [0.5, 0.6) is 0 Å². The molecule has 0 aliphatic rings. The van der Waals surface area contributed by atoms with Crippen molar-refractivity contribution in [3.63, 3.8) is 0 Å². The number of rotatable bonds is 4. The van der Waals surface area contributed by atoms with Crippen molar-refractivity contribution in [3.8, 4) is 11.4 Å². The molecule has 32 heavy (non-hydrogen) atoms. The zero-order valence-corrected chi connectivity index (χ0v) is 19.0. The van der Waals surface area contributed by atoms with Gasteiger partial charge in [0, 0.05) is 18.6 Å². The van der Waals surface area contributed by atoms with Crippen LogP contribution in [-0.2, 0) is 28.0 Å². The van der Waals surface area contributed by atoms with E-state index in [1.165, 1.54) is 13.3 Å². The summed E-state index contributed by atoms with van der Waals surface area (Å²) < 4.78 is 13.7. The van der Waals surface area contributed by atoms with Crippen LogP contribution in [0.25, 0.3) is 33.5 Å². The first-order valence-corrected chi connectivity index (χ1v) is 10.2. The molecule has 0 atom stereocenters. The summed E-state index contributed by atoms with van der Waals surface area (Å²) in [5, 5.41) is 5.55. The van der Waals surface area contributed by atoms with Gasteiger partial charge in [0.1, 0.15) is 22.5 Å². The second-order valence-electron chi connectivity index (χ2n) is 8.74. The quantitative estimate of drug-likeness (QED) is 0.451. The molecule has 4 aromatic rings. The number of nitrogens with zero attached hydrogens (tertiary/aromatic N) is 5. The van der Waals surface area contributed by atoms with Gasteiger partial charge in [-0.3, -0.25) is 14.0 Å². The van der Waals surface area contributed by atoms with Crippen molar-refractivity contribution in [2.75, 3.05) is 7.11 Å². The first kappa shape index (κ1) is 21.5. The summed E-state index contributed by atoms with van der Waals surface area (Å²) in [7, 11) is 3.17. The topological polar surface area (TPSA) is 101 Å². The van der Waals surface area contributed by atoms with Crippen LogP contribution in [0.15, 0.2) is 30.6 Å². The summed E-state index contributed by atoms with van der Waals surface area (Å²) >= 11 is 0. The van der Waals surface area contributed by atoms with Crippen LogP contribution in [0.3, 0.4) is 0 Å². The predicted octanol–water partition coefficient (Wildman–Crippen LogP) is 3.63. The van der Waals surface area contributed by atoms with Gasteiger partial charge < -0.3 is 9.47 Å². The molecule has 0 aliphatic heterocycles. The fourth-order valence-corrected chi connectivity index (χ4v) is 3.42. The maximum Gasteiger partial charge on any atom is 0.341 e. The smallest absolute Gasteiger partial charge is 0.341 e. The van der Waals surface area contributed by atoms with Crippen LogP contribution in [0.4, 0.5) is 0 Å². The van der Waals surface area contributed by atoms with Gasteiger partial charge in [-0.05, 0) is 39.3 Å². The highest BCUT2D eigenvalue weighted by molar-refractivity contribution is 6.02. The third-order valence-corrected chi connectivity index (χ3v) is 5.17. The molecule has 166 valence electrons. The maximum atomic E-state index is 12.4. The Labute approximate surface area is 185 Å². The molecule has 0 unspecified atom stereocenters. The molecule has 9 nitrogen and oxygen atoms in total. The van der Waals surface area contributed by atoms with Crippen LogP contribution in [0.1, 0.15) is 36.7 Å². The number of hydrogen-bond donors (Lipinski definition) is 0. The number of aromatic nitrogens is 5. The third kappa shape index (κ3) is 3.70. The van der Waals surface area contributed by atoms with E-state index in [1.54, 1.807) is 36.2 Å². The lowest BCUT2D eigenvalue weighted by Crippen LogP contribution is -2.24. The standard InChI is InChI=1S/C23H25N5O4/c1-13-7-8-14-17(9-13)27(5)26-18(14)16-10-24-20-19(25-16)15(21(29)31-6)11-28(20)12-32-22(30)23(2,3)4/h7-11H,12H2,1-6H3. The monoisotopic (exact) mass is 435 g/mol. The van der Waals surface area contributed by atoms with Gasteiger partial charge in [-0.25, -0.2) is 14.8 Å². The zero-order chi connectivity index (χ0) is 23.2. The summed E-state index contributed by atoms with van der Waals surface area (Å²) in [6.07, 6.45) is 3.14. The molecule has 0 saturated carbocycles. The van der Waals surface area contributed by atoms with Crippen LogP contribution < -0.4 is 0 Å². The van der Waals surface area contributed by atoms with Crippen LogP contribution in [0.2, 0.25) is 0 Å². The molecule has 0 N–H and O–H groups in total. The largest absolute Gasteiger partial charge is 0.465 e. The third-order valence-electron chi connectivity index (χ3n) is 5.17. The number of benzene rings is 1. The average Bonchev–Trinajstić information content (AvgIpc) is 3.28. The Balaban J connectivity index is 1.82. The summed E-state index contributed by atoms with van der Waals surface area (Å²) in [5.74, 6) is -0.914.